The highest BCUT2D eigenvalue weighted by Crippen LogP contribution is 2.28. The molecule has 1 aromatic carbocycles. The number of hydrogen-bond acceptors (Lipinski definition) is 4. The summed E-state index contributed by atoms with van der Waals surface area (Å²) in [6.45, 7) is 0. The molecular formula is C12H5F3N2OS. The van der Waals surface area contributed by atoms with Crippen LogP contribution in [0.5, 0.6) is 0 Å². The third kappa shape index (κ3) is 2.12. The number of benzene rings is 1. The highest BCUT2D eigenvalue weighted by Gasteiger charge is 2.19. The summed E-state index contributed by atoms with van der Waals surface area (Å²) in [4.78, 5) is 4.59. The van der Waals surface area contributed by atoms with Crippen molar-refractivity contribution in [1.82, 2.24) is 10.1 Å². The van der Waals surface area contributed by atoms with E-state index in [2.05, 4.69) is 10.1 Å². The summed E-state index contributed by atoms with van der Waals surface area (Å²) in [6.07, 6.45) is 0. The lowest BCUT2D eigenvalue weighted by Gasteiger charge is -1.99. The molecule has 3 nitrogen and oxygen atoms in total. The maximum absolute atomic E-state index is 13.5. The van der Waals surface area contributed by atoms with Crippen LogP contribution in [0.25, 0.3) is 22.2 Å². The lowest BCUT2D eigenvalue weighted by Crippen LogP contribution is -1.93. The van der Waals surface area contributed by atoms with Crippen molar-refractivity contribution in [1.29, 1.82) is 0 Å². The molecular weight excluding hydrogens is 277 g/mol. The molecule has 0 saturated heterocycles. The third-order valence-electron chi connectivity index (χ3n) is 2.39. The van der Waals surface area contributed by atoms with E-state index in [1.54, 1.807) is 17.5 Å². The number of aromatic nitrogens is 2. The first kappa shape index (κ1) is 11.9. The van der Waals surface area contributed by atoms with Crippen LogP contribution in [0, 0.1) is 17.5 Å². The summed E-state index contributed by atoms with van der Waals surface area (Å²) >= 11 is 1.35. The van der Waals surface area contributed by atoms with Gasteiger partial charge in [0.15, 0.2) is 0 Å². The molecule has 2 heterocycles. The third-order valence-corrected chi connectivity index (χ3v) is 3.25. The van der Waals surface area contributed by atoms with Crippen LogP contribution < -0.4 is 0 Å². The Hall–Kier alpha value is -2.15. The summed E-state index contributed by atoms with van der Waals surface area (Å²) < 4.78 is 44.8. The number of rotatable bonds is 2. The van der Waals surface area contributed by atoms with E-state index >= 15 is 0 Å². The van der Waals surface area contributed by atoms with Crippen LogP contribution in [0.3, 0.4) is 0 Å². The fourth-order valence-electron chi connectivity index (χ4n) is 1.58. The Bertz CT molecular complexity index is 701. The van der Waals surface area contributed by atoms with E-state index in [1.165, 1.54) is 11.3 Å². The van der Waals surface area contributed by atoms with E-state index in [9.17, 15) is 13.2 Å². The van der Waals surface area contributed by atoms with Crippen LogP contribution in [0.2, 0.25) is 0 Å². The predicted octanol–water partition coefficient (Wildman–Crippen LogP) is 3.88. The summed E-state index contributed by atoms with van der Waals surface area (Å²) in [6, 6.07) is 4.65. The van der Waals surface area contributed by atoms with Crippen molar-refractivity contribution in [2.45, 2.75) is 0 Å². The fourth-order valence-corrected chi connectivity index (χ4v) is 2.23. The van der Waals surface area contributed by atoms with Gasteiger partial charge in [0.25, 0.3) is 5.89 Å². The first-order valence-corrected chi connectivity index (χ1v) is 6.05. The van der Waals surface area contributed by atoms with Gasteiger partial charge in [-0.15, -0.1) is 11.3 Å². The van der Waals surface area contributed by atoms with Gasteiger partial charge >= 0.3 is 0 Å². The highest BCUT2D eigenvalue weighted by atomic mass is 32.1. The molecule has 0 aliphatic rings. The van der Waals surface area contributed by atoms with Gasteiger partial charge in [-0.1, -0.05) is 11.2 Å². The molecule has 0 amide bonds. The molecule has 0 spiro atoms. The molecule has 0 aliphatic heterocycles. The van der Waals surface area contributed by atoms with Crippen molar-refractivity contribution >= 4 is 11.3 Å². The Labute approximate surface area is 109 Å². The zero-order chi connectivity index (χ0) is 13.4. The largest absolute Gasteiger partial charge is 0.333 e. The van der Waals surface area contributed by atoms with Gasteiger partial charge in [0.1, 0.15) is 17.5 Å². The van der Waals surface area contributed by atoms with Crippen molar-refractivity contribution < 1.29 is 17.7 Å². The molecule has 3 aromatic rings. The normalized spacial score (nSPS) is 10.9. The summed E-state index contributed by atoms with van der Waals surface area (Å²) in [5.74, 6) is -3.24. The minimum Gasteiger partial charge on any atom is -0.333 e. The van der Waals surface area contributed by atoms with Crippen LogP contribution in [0.1, 0.15) is 0 Å². The second-order valence-electron chi connectivity index (χ2n) is 3.64. The van der Waals surface area contributed by atoms with Crippen molar-refractivity contribution in [3.8, 4) is 22.2 Å². The first-order chi connectivity index (χ1) is 9.15. The quantitative estimate of drug-likeness (QED) is 0.716. The van der Waals surface area contributed by atoms with Gasteiger partial charge < -0.3 is 4.52 Å². The second-order valence-corrected chi connectivity index (χ2v) is 4.59. The maximum Gasteiger partial charge on any atom is 0.268 e. The lowest BCUT2D eigenvalue weighted by atomic mass is 10.2. The zero-order valence-electron chi connectivity index (χ0n) is 9.23. The van der Waals surface area contributed by atoms with Crippen LogP contribution in [0.15, 0.2) is 34.2 Å². The van der Waals surface area contributed by atoms with Crippen molar-refractivity contribution in [3.63, 3.8) is 0 Å². The molecule has 3 rings (SSSR count). The van der Waals surface area contributed by atoms with Crippen LogP contribution >= 0.6 is 11.3 Å². The molecule has 0 aliphatic carbocycles. The molecule has 0 radical (unpaired) electrons. The van der Waals surface area contributed by atoms with Crippen LogP contribution in [-0.4, -0.2) is 10.1 Å². The standard InChI is InChI=1S/C12H5F3N2OS/c13-6-4-7(14)10(8(15)5-6)11-16-12(18-17-11)9-2-1-3-19-9/h1-5H. The van der Waals surface area contributed by atoms with E-state index in [1.807, 2.05) is 0 Å². The van der Waals surface area contributed by atoms with Gasteiger partial charge in [0, 0.05) is 12.1 Å². The van der Waals surface area contributed by atoms with E-state index < -0.39 is 23.0 Å². The van der Waals surface area contributed by atoms with E-state index in [-0.39, 0.29) is 11.7 Å². The molecule has 0 atom stereocenters. The Kier molecular flexibility index (Phi) is 2.83. The van der Waals surface area contributed by atoms with Crippen LogP contribution in [-0.2, 0) is 0 Å². The average molecular weight is 282 g/mol. The molecule has 0 fully saturated rings. The monoisotopic (exact) mass is 282 g/mol. The first-order valence-electron chi connectivity index (χ1n) is 5.17. The number of hydrogen-bond donors (Lipinski definition) is 0. The van der Waals surface area contributed by atoms with E-state index in [0.29, 0.717) is 17.0 Å². The Balaban J connectivity index is 2.09. The predicted molar refractivity (Wildman–Crippen MR) is 62.9 cm³/mol. The summed E-state index contributed by atoms with van der Waals surface area (Å²) in [5, 5.41) is 5.32. The van der Waals surface area contributed by atoms with E-state index in [0.717, 1.165) is 0 Å². The second kappa shape index (κ2) is 4.51. The lowest BCUT2D eigenvalue weighted by molar-refractivity contribution is 0.432. The van der Waals surface area contributed by atoms with Crippen LogP contribution in [0.4, 0.5) is 13.2 Å². The summed E-state index contributed by atoms with van der Waals surface area (Å²) in [5.41, 5.74) is -0.507. The molecule has 96 valence electrons. The minimum absolute atomic E-state index is 0.160. The van der Waals surface area contributed by atoms with Gasteiger partial charge in [-0.3, -0.25) is 0 Å². The molecule has 0 unspecified atom stereocenters. The molecule has 7 heteroatoms. The smallest absolute Gasteiger partial charge is 0.268 e. The minimum atomic E-state index is -1.07. The molecule has 0 bridgehead atoms. The average Bonchev–Trinajstić information content (AvgIpc) is 2.97. The number of nitrogens with zero attached hydrogens (tertiary/aromatic N) is 2. The van der Waals surface area contributed by atoms with Gasteiger partial charge in [0.05, 0.1) is 10.4 Å². The molecule has 2 aromatic heterocycles. The zero-order valence-corrected chi connectivity index (χ0v) is 10.0. The van der Waals surface area contributed by atoms with Crippen molar-refractivity contribution in [2.24, 2.45) is 0 Å². The molecule has 19 heavy (non-hydrogen) atoms. The van der Waals surface area contributed by atoms with Gasteiger partial charge in [0.2, 0.25) is 5.82 Å². The topological polar surface area (TPSA) is 38.9 Å². The van der Waals surface area contributed by atoms with Gasteiger partial charge in [-0.2, -0.15) is 4.98 Å². The number of halogens is 3. The van der Waals surface area contributed by atoms with Gasteiger partial charge in [-0.25, -0.2) is 13.2 Å². The van der Waals surface area contributed by atoms with Crippen molar-refractivity contribution in [2.75, 3.05) is 0 Å². The Morgan fingerprint density at radius 2 is 1.84 bits per heavy atom. The maximum atomic E-state index is 13.5. The summed E-state index contributed by atoms with van der Waals surface area (Å²) in [7, 11) is 0. The molecule has 0 saturated carbocycles. The van der Waals surface area contributed by atoms with Gasteiger partial charge in [-0.05, 0) is 11.4 Å². The molecule has 0 N–H and O–H groups in total. The Morgan fingerprint density at radius 1 is 1.11 bits per heavy atom. The Morgan fingerprint density at radius 3 is 2.47 bits per heavy atom. The van der Waals surface area contributed by atoms with Crippen molar-refractivity contribution in [3.05, 3.63) is 47.1 Å². The van der Waals surface area contributed by atoms with E-state index in [4.69, 9.17) is 4.52 Å². The number of thiophene rings is 1. The SMILES string of the molecule is Fc1cc(F)c(-c2noc(-c3cccs3)n2)c(F)c1. The fraction of sp³-hybridized carbons (Fsp3) is 0. The highest BCUT2D eigenvalue weighted by molar-refractivity contribution is 7.13.